The molecule has 2 aliphatic rings. The van der Waals surface area contributed by atoms with Gasteiger partial charge in [0.1, 0.15) is 0 Å². The smallest absolute Gasteiger partial charge is 0.0950 e. The van der Waals surface area contributed by atoms with E-state index in [1.165, 1.54) is 37.8 Å². The molecule has 2 heterocycles. The van der Waals surface area contributed by atoms with Gasteiger partial charge >= 0.3 is 0 Å². The van der Waals surface area contributed by atoms with Crippen LogP contribution in [0.4, 0.5) is 0 Å². The van der Waals surface area contributed by atoms with Gasteiger partial charge in [-0.05, 0) is 38.5 Å². The van der Waals surface area contributed by atoms with Crippen molar-refractivity contribution in [3.8, 4) is 0 Å². The Hall–Kier alpha value is -0.480. The second-order valence-electron chi connectivity index (χ2n) is 6.35. The van der Waals surface area contributed by atoms with Crippen LogP contribution in [-0.2, 0) is 5.41 Å². The van der Waals surface area contributed by atoms with E-state index in [0.29, 0.717) is 6.04 Å². The third kappa shape index (κ3) is 2.57. The molecule has 0 bridgehead atoms. The molecule has 0 amide bonds. The standard InChI is InChI=1S/C15H25N3S/c1-15(6-7-16-10-15)14-9-17-11-18(14)12-4-3-5-13(8-12)19-2/h9,11-13,16H,3-8,10H2,1-2H3. The lowest BCUT2D eigenvalue weighted by atomic mass is 9.85. The van der Waals surface area contributed by atoms with Gasteiger partial charge in [0.2, 0.25) is 0 Å². The van der Waals surface area contributed by atoms with E-state index in [1.807, 2.05) is 11.8 Å². The van der Waals surface area contributed by atoms with Crippen LogP contribution in [0.25, 0.3) is 0 Å². The minimum atomic E-state index is 0.281. The minimum absolute atomic E-state index is 0.281. The zero-order chi connectivity index (χ0) is 13.3. The lowest BCUT2D eigenvalue weighted by molar-refractivity contribution is 0.335. The number of rotatable bonds is 3. The molecule has 1 aliphatic heterocycles. The highest BCUT2D eigenvalue weighted by Crippen LogP contribution is 2.38. The van der Waals surface area contributed by atoms with Gasteiger partial charge < -0.3 is 9.88 Å². The van der Waals surface area contributed by atoms with Crippen molar-refractivity contribution in [3.63, 3.8) is 0 Å². The first-order valence-electron chi connectivity index (χ1n) is 7.49. The summed E-state index contributed by atoms with van der Waals surface area (Å²) in [6.45, 7) is 4.62. The monoisotopic (exact) mass is 279 g/mol. The van der Waals surface area contributed by atoms with Crippen molar-refractivity contribution in [1.29, 1.82) is 0 Å². The highest BCUT2D eigenvalue weighted by atomic mass is 32.2. The second-order valence-corrected chi connectivity index (χ2v) is 7.49. The number of hydrogen-bond acceptors (Lipinski definition) is 3. The van der Waals surface area contributed by atoms with Crippen molar-refractivity contribution in [2.45, 2.75) is 55.7 Å². The molecule has 1 saturated heterocycles. The molecule has 0 spiro atoms. The molecule has 19 heavy (non-hydrogen) atoms. The first-order chi connectivity index (χ1) is 9.23. The van der Waals surface area contributed by atoms with Crippen LogP contribution in [-0.4, -0.2) is 34.1 Å². The van der Waals surface area contributed by atoms with Crippen molar-refractivity contribution in [3.05, 3.63) is 18.2 Å². The van der Waals surface area contributed by atoms with Gasteiger partial charge in [0.25, 0.3) is 0 Å². The predicted molar refractivity (Wildman–Crippen MR) is 81.9 cm³/mol. The van der Waals surface area contributed by atoms with E-state index in [9.17, 15) is 0 Å². The Labute approximate surface area is 120 Å². The summed E-state index contributed by atoms with van der Waals surface area (Å²) in [6.07, 6.45) is 13.1. The van der Waals surface area contributed by atoms with E-state index in [4.69, 9.17) is 0 Å². The summed E-state index contributed by atoms with van der Waals surface area (Å²) in [5.74, 6) is 0. The Bertz CT molecular complexity index is 423. The fourth-order valence-electron chi connectivity index (χ4n) is 3.69. The van der Waals surface area contributed by atoms with Gasteiger partial charge in [0.05, 0.1) is 6.33 Å². The van der Waals surface area contributed by atoms with Gasteiger partial charge in [0, 0.05) is 35.1 Å². The Morgan fingerprint density at radius 3 is 3.11 bits per heavy atom. The molecule has 3 atom stereocenters. The number of nitrogens with zero attached hydrogens (tertiary/aromatic N) is 2. The third-order valence-electron chi connectivity index (χ3n) is 4.98. The van der Waals surface area contributed by atoms with Crippen LogP contribution >= 0.6 is 11.8 Å². The number of hydrogen-bond donors (Lipinski definition) is 1. The van der Waals surface area contributed by atoms with Crippen LogP contribution < -0.4 is 5.32 Å². The Kier molecular flexibility index (Phi) is 3.90. The lowest BCUT2D eigenvalue weighted by Gasteiger charge is -2.33. The fourth-order valence-corrected chi connectivity index (χ4v) is 4.50. The lowest BCUT2D eigenvalue weighted by Crippen LogP contribution is -2.31. The number of nitrogens with one attached hydrogen (secondary N) is 1. The summed E-state index contributed by atoms with van der Waals surface area (Å²) in [7, 11) is 0. The summed E-state index contributed by atoms with van der Waals surface area (Å²) < 4.78 is 2.50. The number of imidazole rings is 1. The zero-order valence-electron chi connectivity index (χ0n) is 12.1. The van der Waals surface area contributed by atoms with Crippen LogP contribution in [0.3, 0.4) is 0 Å². The van der Waals surface area contributed by atoms with Crippen molar-refractivity contribution < 1.29 is 0 Å². The maximum absolute atomic E-state index is 4.47. The molecule has 1 N–H and O–H groups in total. The van der Waals surface area contributed by atoms with Gasteiger partial charge in [-0.15, -0.1) is 0 Å². The Morgan fingerprint density at radius 1 is 1.47 bits per heavy atom. The number of aromatic nitrogens is 2. The average molecular weight is 279 g/mol. The molecule has 0 radical (unpaired) electrons. The molecule has 2 fully saturated rings. The molecule has 3 nitrogen and oxygen atoms in total. The van der Waals surface area contributed by atoms with Gasteiger partial charge in [0.15, 0.2) is 0 Å². The van der Waals surface area contributed by atoms with E-state index < -0.39 is 0 Å². The van der Waals surface area contributed by atoms with Crippen molar-refractivity contribution in [1.82, 2.24) is 14.9 Å². The van der Waals surface area contributed by atoms with Crippen molar-refractivity contribution in [2.24, 2.45) is 0 Å². The van der Waals surface area contributed by atoms with Crippen LogP contribution in [0.15, 0.2) is 12.5 Å². The van der Waals surface area contributed by atoms with Crippen molar-refractivity contribution in [2.75, 3.05) is 19.3 Å². The molecule has 106 valence electrons. The summed E-state index contributed by atoms with van der Waals surface area (Å²) in [5, 5.41) is 4.34. The third-order valence-corrected chi connectivity index (χ3v) is 6.07. The normalized spacial score (nSPS) is 35.7. The maximum atomic E-state index is 4.47. The quantitative estimate of drug-likeness (QED) is 0.922. The zero-order valence-corrected chi connectivity index (χ0v) is 12.9. The molecular formula is C15H25N3S. The van der Waals surface area contributed by atoms with Crippen LogP contribution in [0.1, 0.15) is 50.8 Å². The molecule has 1 aromatic rings. The topological polar surface area (TPSA) is 29.9 Å². The molecular weight excluding hydrogens is 254 g/mol. The molecule has 1 saturated carbocycles. The second kappa shape index (κ2) is 5.49. The molecule has 4 heteroatoms. The fraction of sp³-hybridized carbons (Fsp3) is 0.800. The van der Waals surface area contributed by atoms with E-state index in [-0.39, 0.29) is 5.41 Å². The molecule has 3 unspecified atom stereocenters. The first-order valence-corrected chi connectivity index (χ1v) is 8.77. The van der Waals surface area contributed by atoms with E-state index in [2.05, 4.69) is 40.6 Å². The van der Waals surface area contributed by atoms with Gasteiger partial charge in [-0.25, -0.2) is 4.98 Å². The van der Waals surface area contributed by atoms with Gasteiger partial charge in [-0.3, -0.25) is 0 Å². The van der Waals surface area contributed by atoms with Crippen molar-refractivity contribution >= 4 is 11.8 Å². The van der Waals surface area contributed by atoms with Gasteiger partial charge in [-0.1, -0.05) is 13.3 Å². The van der Waals surface area contributed by atoms with Crippen LogP contribution in [0.2, 0.25) is 0 Å². The predicted octanol–water partition coefficient (Wildman–Crippen LogP) is 2.98. The van der Waals surface area contributed by atoms with E-state index in [1.54, 1.807) is 0 Å². The maximum Gasteiger partial charge on any atom is 0.0950 e. The summed E-state index contributed by atoms with van der Waals surface area (Å²) in [4.78, 5) is 4.47. The summed E-state index contributed by atoms with van der Waals surface area (Å²) in [6, 6.07) is 0.668. The minimum Gasteiger partial charge on any atom is -0.331 e. The Morgan fingerprint density at radius 2 is 2.37 bits per heavy atom. The summed E-state index contributed by atoms with van der Waals surface area (Å²) in [5.41, 5.74) is 1.73. The van der Waals surface area contributed by atoms with E-state index >= 15 is 0 Å². The first kappa shape index (κ1) is 13.5. The molecule has 0 aromatic carbocycles. The summed E-state index contributed by atoms with van der Waals surface area (Å²) >= 11 is 2.04. The average Bonchev–Trinajstić information content (AvgIpc) is 3.08. The SMILES string of the molecule is CSC1CCCC(n2cncc2C2(C)CCNC2)C1. The molecule has 1 aromatic heterocycles. The van der Waals surface area contributed by atoms with Crippen LogP contribution in [0.5, 0.6) is 0 Å². The highest BCUT2D eigenvalue weighted by Gasteiger charge is 2.35. The highest BCUT2D eigenvalue weighted by molar-refractivity contribution is 7.99. The Balaban J connectivity index is 1.83. The molecule has 1 aliphatic carbocycles. The number of thioether (sulfide) groups is 1. The largest absolute Gasteiger partial charge is 0.331 e. The van der Waals surface area contributed by atoms with Crippen LogP contribution in [0, 0.1) is 0 Å². The molecule has 3 rings (SSSR count). The van der Waals surface area contributed by atoms with Gasteiger partial charge in [-0.2, -0.15) is 11.8 Å². The van der Waals surface area contributed by atoms with E-state index in [0.717, 1.165) is 18.3 Å².